The third kappa shape index (κ3) is 3.45. The number of nitrogens with one attached hydrogen (secondary N) is 1. The number of aromatic nitrogens is 1. The van der Waals surface area contributed by atoms with Crippen LogP contribution in [-0.2, 0) is 6.42 Å². The summed E-state index contributed by atoms with van der Waals surface area (Å²) in [6, 6.07) is 14.7. The van der Waals surface area contributed by atoms with Crippen LogP contribution in [-0.4, -0.2) is 37.5 Å². The summed E-state index contributed by atoms with van der Waals surface area (Å²) in [5.74, 6) is 2.50. The maximum Gasteiger partial charge on any atom is 0.231 e. The van der Waals surface area contributed by atoms with Crippen molar-refractivity contribution < 1.29 is 13.9 Å². The van der Waals surface area contributed by atoms with E-state index in [1.807, 2.05) is 30.3 Å². The molecule has 6 nitrogen and oxygen atoms in total. The highest BCUT2D eigenvalue weighted by Gasteiger charge is 2.21. The summed E-state index contributed by atoms with van der Waals surface area (Å²) in [6.07, 6.45) is 3.07. The van der Waals surface area contributed by atoms with Crippen molar-refractivity contribution >= 4 is 16.8 Å². The van der Waals surface area contributed by atoms with Gasteiger partial charge in [-0.15, -0.1) is 0 Å². The average molecular weight is 365 g/mol. The van der Waals surface area contributed by atoms with Crippen LogP contribution < -0.4 is 19.7 Å². The average Bonchev–Trinajstić information content (AvgIpc) is 3.34. The number of piperidine rings is 1. The first-order valence-electron chi connectivity index (χ1n) is 9.57. The van der Waals surface area contributed by atoms with Gasteiger partial charge < -0.3 is 24.1 Å². The normalized spacial score (nSPS) is 17.0. The van der Waals surface area contributed by atoms with Crippen molar-refractivity contribution in [1.29, 1.82) is 0 Å². The summed E-state index contributed by atoms with van der Waals surface area (Å²) < 4.78 is 16.7. The number of hydrogen-bond donors (Lipinski definition) is 1. The van der Waals surface area contributed by atoms with Crippen LogP contribution in [0.3, 0.4) is 0 Å². The van der Waals surface area contributed by atoms with Gasteiger partial charge in [-0.25, -0.2) is 4.98 Å². The quantitative estimate of drug-likeness (QED) is 0.748. The smallest absolute Gasteiger partial charge is 0.231 e. The zero-order chi connectivity index (χ0) is 18.1. The SMILES string of the molecule is c1ccc2oc(CCNC3CCN(c4ccc5c(c4)OCO5)CC3)nc2c1. The van der Waals surface area contributed by atoms with Gasteiger partial charge in [-0.2, -0.15) is 0 Å². The molecule has 140 valence electrons. The van der Waals surface area contributed by atoms with E-state index < -0.39 is 0 Å². The third-order valence-electron chi connectivity index (χ3n) is 5.33. The minimum Gasteiger partial charge on any atom is -0.454 e. The summed E-state index contributed by atoms with van der Waals surface area (Å²) >= 11 is 0. The summed E-state index contributed by atoms with van der Waals surface area (Å²) in [4.78, 5) is 6.96. The van der Waals surface area contributed by atoms with Crippen molar-refractivity contribution in [3.05, 3.63) is 48.4 Å². The second-order valence-corrected chi connectivity index (χ2v) is 7.08. The Hall–Kier alpha value is -2.73. The van der Waals surface area contributed by atoms with E-state index in [-0.39, 0.29) is 0 Å². The van der Waals surface area contributed by atoms with Gasteiger partial charge in [0.1, 0.15) is 5.52 Å². The van der Waals surface area contributed by atoms with E-state index in [4.69, 9.17) is 13.9 Å². The van der Waals surface area contributed by atoms with E-state index in [0.29, 0.717) is 12.8 Å². The van der Waals surface area contributed by atoms with Crippen molar-refractivity contribution in [2.24, 2.45) is 0 Å². The summed E-state index contributed by atoms with van der Waals surface area (Å²) in [7, 11) is 0. The molecule has 3 aromatic rings. The van der Waals surface area contributed by atoms with Crippen LogP contribution in [0.5, 0.6) is 11.5 Å². The van der Waals surface area contributed by atoms with Crippen molar-refractivity contribution in [2.45, 2.75) is 25.3 Å². The lowest BCUT2D eigenvalue weighted by Crippen LogP contribution is -2.43. The molecule has 2 aromatic carbocycles. The van der Waals surface area contributed by atoms with Gasteiger partial charge in [0.2, 0.25) is 6.79 Å². The van der Waals surface area contributed by atoms with Crippen LogP contribution in [0, 0.1) is 0 Å². The predicted octanol–water partition coefficient (Wildman–Crippen LogP) is 3.36. The van der Waals surface area contributed by atoms with Crippen LogP contribution in [0.4, 0.5) is 5.69 Å². The molecule has 0 radical (unpaired) electrons. The Kier molecular flexibility index (Phi) is 4.33. The zero-order valence-corrected chi connectivity index (χ0v) is 15.2. The number of hydrogen-bond acceptors (Lipinski definition) is 6. The molecule has 0 unspecified atom stereocenters. The second kappa shape index (κ2) is 7.12. The molecular weight excluding hydrogens is 342 g/mol. The molecule has 0 amide bonds. The third-order valence-corrected chi connectivity index (χ3v) is 5.33. The lowest BCUT2D eigenvalue weighted by molar-refractivity contribution is 0.174. The lowest BCUT2D eigenvalue weighted by atomic mass is 10.0. The number of ether oxygens (including phenoxy) is 2. The van der Waals surface area contributed by atoms with Crippen molar-refractivity contribution in [1.82, 2.24) is 10.3 Å². The fourth-order valence-electron chi connectivity index (χ4n) is 3.83. The minimum absolute atomic E-state index is 0.324. The number of para-hydroxylation sites is 2. The molecule has 0 aliphatic carbocycles. The first-order valence-corrected chi connectivity index (χ1v) is 9.57. The molecule has 0 bridgehead atoms. The fraction of sp³-hybridized carbons (Fsp3) is 0.381. The topological polar surface area (TPSA) is 59.8 Å². The largest absolute Gasteiger partial charge is 0.454 e. The Bertz CT molecular complexity index is 898. The molecule has 2 aliphatic rings. The number of oxazole rings is 1. The van der Waals surface area contributed by atoms with Gasteiger partial charge >= 0.3 is 0 Å². The molecule has 5 rings (SSSR count). The predicted molar refractivity (Wildman–Crippen MR) is 104 cm³/mol. The Morgan fingerprint density at radius 3 is 2.78 bits per heavy atom. The van der Waals surface area contributed by atoms with E-state index in [0.717, 1.165) is 67.4 Å². The Balaban J connectivity index is 1.11. The van der Waals surface area contributed by atoms with Gasteiger partial charge in [0.15, 0.2) is 23.0 Å². The zero-order valence-electron chi connectivity index (χ0n) is 15.2. The van der Waals surface area contributed by atoms with Crippen LogP contribution in [0.25, 0.3) is 11.1 Å². The number of rotatable bonds is 5. The fourth-order valence-corrected chi connectivity index (χ4v) is 3.83. The van der Waals surface area contributed by atoms with E-state index >= 15 is 0 Å². The van der Waals surface area contributed by atoms with Crippen LogP contribution in [0.1, 0.15) is 18.7 Å². The lowest BCUT2D eigenvalue weighted by Gasteiger charge is -2.34. The van der Waals surface area contributed by atoms with Gasteiger partial charge in [0, 0.05) is 43.9 Å². The van der Waals surface area contributed by atoms with E-state index in [1.165, 1.54) is 5.69 Å². The maximum absolute atomic E-state index is 5.79. The Morgan fingerprint density at radius 1 is 1.04 bits per heavy atom. The second-order valence-electron chi connectivity index (χ2n) is 7.08. The number of nitrogens with zero attached hydrogens (tertiary/aromatic N) is 2. The molecule has 0 saturated carbocycles. The standard InChI is InChI=1S/C21H23N3O3/c1-2-4-18-17(3-1)23-21(27-18)7-10-22-15-8-11-24(12-9-15)16-5-6-19-20(13-16)26-14-25-19/h1-6,13,15,22H,7-12,14H2. The van der Waals surface area contributed by atoms with Gasteiger partial charge in [-0.1, -0.05) is 12.1 Å². The van der Waals surface area contributed by atoms with Gasteiger partial charge in [0.25, 0.3) is 0 Å². The molecule has 1 saturated heterocycles. The van der Waals surface area contributed by atoms with Crippen LogP contribution in [0.2, 0.25) is 0 Å². The first-order chi connectivity index (χ1) is 13.3. The van der Waals surface area contributed by atoms with Crippen molar-refractivity contribution in [3.8, 4) is 11.5 Å². The summed E-state index contributed by atoms with van der Waals surface area (Å²) in [5.41, 5.74) is 3.01. The number of fused-ring (bicyclic) bond motifs is 2. The highest BCUT2D eigenvalue weighted by molar-refractivity contribution is 5.72. The molecular formula is C21H23N3O3. The number of benzene rings is 2. The Morgan fingerprint density at radius 2 is 1.89 bits per heavy atom. The monoisotopic (exact) mass is 365 g/mol. The minimum atomic E-state index is 0.324. The van der Waals surface area contributed by atoms with Crippen molar-refractivity contribution in [2.75, 3.05) is 31.3 Å². The molecule has 2 aliphatic heterocycles. The van der Waals surface area contributed by atoms with E-state index in [9.17, 15) is 0 Å². The van der Waals surface area contributed by atoms with Gasteiger partial charge in [-0.05, 0) is 37.1 Å². The number of anilines is 1. The Labute approximate surface area is 158 Å². The molecule has 0 spiro atoms. The highest BCUT2D eigenvalue weighted by Crippen LogP contribution is 2.36. The highest BCUT2D eigenvalue weighted by atomic mass is 16.7. The molecule has 6 heteroatoms. The molecule has 1 aromatic heterocycles. The molecule has 3 heterocycles. The summed E-state index contributed by atoms with van der Waals surface area (Å²) in [6.45, 7) is 3.30. The van der Waals surface area contributed by atoms with E-state index in [2.05, 4.69) is 27.3 Å². The molecule has 1 N–H and O–H groups in total. The molecule has 27 heavy (non-hydrogen) atoms. The van der Waals surface area contributed by atoms with Crippen LogP contribution in [0.15, 0.2) is 46.9 Å². The summed E-state index contributed by atoms with van der Waals surface area (Å²) in [5, 5.41) is 3.66. The molecule has 1 fully saturated rings. The van der Waals surface area contributed by atoms with Gasteiger partial charge in [-0.3, -0.25) is 0 Å². The van der Waals surface area contributed by atoms with E-state index in [1.54, 1.807) is 0 Å². The van der Waals surface area contributed by atoms with Gasteiger partial charge in [0.05, 0.1) is 0 Å². The first kappa shape index (κ1) is 16.4. The van der Waals surface area contributed by atoms with Crippen LogP contribution >= 0.6 is 0 Å². The molecule has 0 atom stereocenters. The maximum atomic E-state index is 5.79. The van der Waals surface area contributed by atoms with Crippen molar-refractivity contribution in [3.63, 3.8) is 0 Å².